The molecule has 3 aromatic carbocycles. The number of ether oxygens (including phenoxy) is 2. The van der Waals surface area contributed by atoms with E-state index in [0.29, 0.717) is 5.75 Å². The Bertz CT molecular complexity index is 1380. The number of rotatable bonds is 11. The lowest BCUT2D eigenvalue weighted by Crippen LogP contribution is -2.26. The van der Waals surface area contributed by atoms with E-state index in [1.807, 2.05) is 0 Å². The molecule has 0 spiro atoms. The second-order valence-electron chi connectivity index (χ2n) is 8.03. The van der Waals surface area contributed by atoms with Crippen LogP contribution < -0.4 is 14.8 Å². The van der Waals surface area contributed by atoms with Gasteiger partial charge >= 0.3 is 12.3 Å². The van der Waals surface area contributed by atoms with Gasteiger partial charge in [-0.25, -0.2) is 0 Å². The number of carbonyl (C=O) groups is 4. The molecule has 0 unspecified atom stereocenters. The molecule has 0 aliphatic heterocycles. The molecule has 0 saturated carbocycles. The molecule has 0 atom stereocenters. The quantitative estimate of drug-likeness (QED) is 0.261. The van der Waals surface area contributed by atoms with Crippen molar-refractivity contribution in [2.75, 3.05) is 13.7 Å². The van der Waals surface area contributed by atoms with Gasteiger partial charge in [0.25, 0.3) is 5.91 Å². The van der Waals surface area contributed by atoms with Gasteiger partial charge in [-0.1, -0.05) is 24.3 Å². The first-order valence-electron chi connectivity index (χ1n) is 11.4. The van der Waals surface area contributed by atoms with Gasteiger partial charge < -0.3 is 19.9 Å². The van der Waals surface area contributed by atoms with Crippen molar-refractivity contribution in [2.45, 2.75) is 12.8 Å². The highest BCUT2D eigenvalue weighted by Gasteiger charge is 2.31. The Kier molecular flexibility index (Phi) is 9.21. The first-order valence-corrected chi connectivity index (χ1v) is 11.4. The molecular formula is C28H22F3NO7. The Labute approximate surface area is 220 Å². The van der Waals surface area contributed by atoms with Gasteiger partial charge in [0.15, 0.2) is 11.6 Å². The van der Waals surface area contributed by atoms with E-state index in [0.717, 1.165) is 18.2 Å². The molecule has 0 radical (unpaired) electrons. The van der Waals surface area contributed by atoms with Crippen LogP contribution in [0.25, 0.3) is 5.57 Å². The predicted molar refractivity (Wildman–Crippen MR) is 134 cm³/mol. The fourth-order valence-corrected chi connectivity index (χ4v) is 3.40. The van der Waals surface area contributed by atoms with E-state index < -0.39 is 35.6 Å². The van der Waals surface area contributed by atoms with Crippen LogP contribution in [0.2, 0.25) is 0 Å². The number of benzene rings is 3. The number of allylic oxidation sites excluding steroid dienone is 2. The summed E-state index contributed by atoms with van der Waals surface area (Å²) in [6.45, 7) is -0.0801. The number of carboxylic acids is 1. The lowest BCUT2D eigenvalue weighted by Gasteiger charge is -2.11. The predicted octanol–water partition coefficient (Wildman–Crippen LogP) is 4.95. The van der Waals surface area contributed by atoms with E-state index >= 15 is 0 Å². The zero-order valence-corrected chi connectivity index (χ0v) is 20.5. The van der Waals surface area contributed by atoms with Gasteiger partial charge in [0.1, 0.15) is 11.5 Å². The van der Waals surface area contributed by atoms with E-state index in [4.69, 9.17) is 9.84 Å². The van der Waals surface area contributed by atoms with Crippen LogP contribution in [0, 0.1) is 0 Å². The largest absolute Gasteiger partial charge is 0.573 e. The van der Waals surface area contributed by atoms with Crippen molar-refractivity contribution >= 4 is 29.0 Å². The van der Waals surface area contributed by atoms with Crippen LogP contribution in [-0.2, 0) is 4.79 Å². The monoisotopic (exact) mass is 541 g/mol. The molecule has 202 valence electrons. The molecule has 0 aromatic heterocycles. The first kappa shape index (κ1) is 28.6. The summed E-state index contributed by atoms with van der Waals surface area (Å²) in [5.74, 6) is -2.76. The van der Waals surface area contributed by atoms with Crippen LogP contribution in [-0.4, -0.2) is 48.6 Å². The van der Waals surface area contributed by atoms with Crippen LogP contribution in [0.5, 0.6) is 11.5 Å². The SMILES string of the molecule is COc1ccc(C(=O)C=C(C(=O)c2ccc(C(=O)NCCC(=O)O)cc2)c2ccc(OC(F)(F)F)cc2)cc1. The van der Waals surface area contributed by atoms with Crippen molar-refractivity contribution < 1.29 is 46.9 Å². The number of carboxylic acid groups (broad SMARTS) is 1. The molecule has 0 heterocycles. The number of methoxy groups -OCH3 is 1. The number of carbonyl (C=O) groups excluding carboxylic acids is 3. The molecule has 8 nitrogen and oxygen atoms in total. The number of alkyl halides is 3. The van der Waals surface area contributed by atoms with Crippen molar-refractivity contribution in [3.05, 3.63) is 101 Å². The molecule has 0 saturated heterocycles. The summed E-state index contributed by atoms with van der Waals surface area (Å²) in [6.07, 6.45) is -4.08. The molecule has 3 rings (SSSR count). The van der Waals surface area contributed by atoms with Gasteiger partial charge in [-0.3, -0.25) is 19.2 Å². The number of hydrogen-bond acceptors (Lipinski definition) is 6. The molecule has 0 aliphatic carbocycles. The van der Waals surface area contributed by atoms with Gasteiger partial charge in [-0.15, -0.1) is 13.2 Å². The summed E-state index contributed by atoms with van der Waals surface area (Å²) in [6, 6.07) is 16.0. The number of hydrogen-bond donors (Lipinski definition) is 2. The number of aliphatic carboxylic acids is 1. The van der Waals surface area contributed by atoms with Crippen molar-refractivity contribution in [1.29, 1.82) is 0 Å². The molecule has 11 heteroatoms. The summed E-state index contributed by atoms with van der Waals surface area (Å²) >= 11 is 0. The second-order valence-corrected chi connectivity index (χ2v) is 8.03. The number of amides is 1. The Balaban J connectivity index is 1.92. The highest BCUT2D eigenvalue weighted by molar-refractivity contribution is 6.32. The minimum atomic E-state index is -4.90. The van der Waals surface area contributed by atoms with Gasteiger partial charge in [0.05, 0.1) is 13.5 Å². The maximum absolute atomic E-state index is 13.4. The maximum atomic E-state index is 13.4. The van der Waals surface area contributed by atoms with E-state index in [-0.39, 0.29) is 40.8 Å². The molecule has 39 heavy (non-hydrogen) atoms. The summed E-state index contributed by atoms with van der Waals surface area (Å²) in [7, 11) is 1.46. The minimum absolute atomic E-state index is 0.0801. The molecule has 0 bridgehead atoms. The Morgan fingerprint density at radius 3 is 1.85 bits per heavy atom. The van der Waals surface area contributed by atoms with Crippen LogP contribution in [0.15, 0.2) is 78.9 Å². The highest BCUT2D eigenvalue weighted by atomic mass is 19.4. The van der Waals surface area contributed by atoms with Gasteiger partial charge in [0.2, 0.25) is 0 Å². The second kappa shape index (κ2) is 12.5. The smallest absolute Gasteiger partial charge is 0.497 e. The van der Waals surface area contributed by atoms with Gasteiger partial charge in [-0.2, -0.15) is 0 Å². The third-order valence-corrected chi connectivity index (χ3v) is 5.33. The van der Waals surface area contributed by atoms with E-state index in [1.54, 1.807) is 12.1 Å². The van der Waals surface area contributed by atoms with Crippen LogP contribution >= 0.6 is 0 Å². The van der Waals surface area contributed by atoms with Crippen molar-refractivity contribution in [2.24, 2.45) is 0 Å². The molecule has 0 aliphatic rings. The summed E-state index contributed by atoms with van der Waals surface area (Å²) < 4.78 is 46.6. The molecular weight excluding hydrogens is 519 g/mol. The number of Topliss-reactive ketones (excluding diaryl/α,β-unsaturated/α-hetero) is 1. The summed E-state index contributed by atoms with van der Waals surface area (Å²) in [4.78, 5) is 49.2. The highest BCUT2D eigenvalue weighted by Crippen LogP contribution is 2.27. The van der Waals surface area contributed by atoms with E-state index in [1.165, 1.54) is 55.6 Å². The van der Waals surface area contributed by atoms with Crippen molar-refractivity contribution in [3.8, 4) is 11.5 Å². The number of nitrogens with one attached hydrogen (secondary N) is 1. The normalized spacial score (nSPS) is 11.4. The van der Waals surface area contributed by atoms with E-state index in [9.17, 15) is 32.3 Å². The van der Waals surface area contributed by atoms with Gasteiger partial charge in [0, 0.05) is 28.8 Å². The average Bonchev–Trinajstić information content (AvgIpc) is 2.91. The Morgan fingerprint density at radius 2 is 1.31 bits per heavy atom. The maximum Gasteiger partial charge on any atom is 0.573 e. The van der Waals surface area contributed by atoms with Crippen molar-refractivity contribution in [3.63, 3.8) is 0 Å². The average molecular weight is 541 g/mol. The summed E-state index contributed by atoms with van der Waals surface area (Å²) in [5, 5.41) is 11.1. The number of halogens is 3. The molecule has 2 N–H and O–H groups in total. The minimum Gasteiger partial charge on any atom is -0.497 e. The van der Waals surface area contributed by atoms with E-state index in [2.05, 4.69) is 10.1 Å². The molecule has 0 fully saturated rings. The lowest BCUT2D eigenvalue weighted by atomic mass is 9.94. The van der Waals surface area contributed by atoms with Crippen molar-refractivity contribution in [1.82, 2.24) is 5.32 Å². The summed E-state index contributed by atoms with van der Waals surface area (Å²) in [5.41, 5.74) is 0.568. The van der Waals surface area contributed by atoms with Crippen LogP contribution in [0.4, 0.5) is 13.2 Å². The van der Waals surface area contributed by atoms with Crippen LogP contribution in [0.1, 0.15) is 43.1 Å². The Hall–Kier alpha value is -4.93. The molecule has 1 amide bonds. The fourth-order valence-electron chi connectivity index (χ4n) is 3.40. The third-order valence-electron chi connectivity index (χ3n) is 5.33. The lowest BCUT2D eigenvalue weighted by molar-refractivity contribution is -0.274. The zero-order chi connectivity index (χ0) is 28.6. The van der Waals surface area contributed by atoms with Gasteiger partial charge in [-0.05, 0) is 60.2 Å². The first-order chi connectivity index (χ1) is 18.5. The topological polar surface area (TPSA) is 119 Å². The fraction of sp³-hybridized carbons (Fsp3) is 0.143. The van der Waals surface area contributed by atoms with Crippen LogP contribution in [0.3, 0.4) is 0 Å². The third kappa shape index (κ3) is 8.29. The standard InChI is InChI=1S/C28H22F3NO7/c1-38-21-10-8-18(9-11-21)24(33)16-23(17-6-12-22(13-7-17)39-28(29,30)31)26(36)19-2-4-20(5-3-19)27(37)32-15-14-25(34)35/h2-13,16H,14-15H2,1H3,(H,32,37)(H,34,35). The molecule has 3 aromatic rings. The Morgan fingerprint density at radius 1 is 0.795 bits per heavy atom. The zero-order valence-electron chi connectivity index (χ0n) is 20.5. The number of ketones is 2.